The van der Waals surface area contributed by atoms with E-state index in [1.165, 1.54) is 38.5 Å². The van der Waals surface area contributed by atoms with Gasteiger partial charge in [-0.3, -0.25) is 0 Å². The number of nitrogens with one attached hydrogen (secondary N) is 1. The van der Waals surface area contributed by atoms with Crippen LogP contribution >= 0.6 is 15.9 Å². The lowest BCUT2D eigenvalue weighted by atomic mass is 9.99. The van der Waals surface area contributed by atoms with Crippen molar-refractivity contribution in [1.82, 2.24) is 9.97 Å². The van der Waals surface area contributed by atoms with Gasteiger partial charge in [0.2, 0.25) is 0 Å². The molecule has 0 saturated heterocycles. The minimum absolute atomic E-state index is 0.411. The van der Waals surface area contributed by atoms with Gasteiger partial charge in [0.15, 0.2) is 0 Å². The van der Waals surface area contributed by atoms with Gasteiger partial charge in [0.05, 0.1) is 10.2 Å². The molecule has 0 unspecified atom stereocenters. The Balaban J connectivity index is 2.32. The van der Waals surface area contributed by atoms with E-state index in [1.807, 2.05) is 0 Å². The molecular weight excluding hydrogens is 326 g/mol. The van der Waals surface area contributed by atoms with Gasteiger partial charge in [-0.2, -0.15) is 0 Å². The number of rotatable bonds is 5. The van der Waals surface area contributed by atoms with Gasteiger partial charge in [0.25, 0.3) is 0 Å². The number of hydrogen-bond acceptors (Lipinski definition) is 3. The molecule has 1 N–H and O–H groups in total. The normalized spacial score (nSPS) is 17.0. The summed E-state index contributed by atoms with van der Waals surface area (Å²) in [4.78, 5) is 9.76. The van der Waals surface area contributed by atoms with Crippen LogP contribution in [0.5, 0.6) is 0 Å². The standard InChI is InChI=1S/C17H28BrN3/c1-4-11-19-17-14(18)15(12(2)3)20-16(21-17)13-9-7-5-6-8-10-13/h12-13H,4-11H2,1-3H3,(H,19,20,21). The number of nitrogens with zero attached hydrogens (tertiary/aromatic N) is 2. The smallest absolute Gasteiger partial charge is 0.144 e. The summed E-state index contributed by atoms with van der Waals surface area (Å²) in [5.41, 5.74) is 1.14. The first-order chi connectivity index (χ1) is 10.1. The molecule has 0 amide bonds. The third kappa shape index (κ3) is 4.41. The van der Waals surface area contributed by atoms with Crippen molar-refractivity contribution in [1.29, 1.82) is 0 Å². The molecule has 0 aliphatic heterocycles. The highest BCUT2D eigenvalue weighted by atomic mass is 79.9. The van der Waals surface area contributed by atoms with Gasteiger partial charge in [-0.05, 0) is 41.1 Å². The second kappa shape index (κ2) is 8.11. The number of hydrogen-bond donors (Lipinski definition) is 1. The average molecular weight is 354 g/mol. The van der Waals surface area contributed by atoms with Crippen molar-refractivity contribution in [3.8, 4) is 0 Å². The molecule has 0 atom stereocenters. The Morgan fingerprint density at radius 3 is 2.38 bits per heavy atom. The summed E-state index contributed by atoms with van der Waals surface area (Å²) >= 11 is 3.70. The minimum atomic E-state index is 0.411. The van der Waals surface area contributed by atoms with Crippen molar-refractivity contribution in [2.75, 3.05) is 11.9 Å². The molecule has 4 heteroatoms. The van der Waals surface area contributed by atoms with Gasteiger partial charge < -0.3 is 5.32 Å². The van der Waals surface area contributed by atoms with Crippen molar-refractivity contribution in [2.24, 2.45) is 0 Å². The Labute approximate surface area is 137 Å². The second-order valence-corrected chi connectivity index (χ2v) is 7.19. The van der Waals surface area contributed by atoms with E-state index >= 15 is 0 Å². The zero-order valence-corrected chi connectivity index (χ0v) is 15.2. The van der Waals surface area contributed by atoms with E-state index in [0.717, 1.165) is 34.8 Å². The lowest BCUT2D eigenvalue weighted by Crippen LogP contribution is -2.12. The van der Waals surface area contributed by atoms with Crippen LogP contribution in [0.25, 0.3) is 0 Å². The molecule has 0 aromatic carbocycles. The predicted molar refractivity (Wildman–Crippen MR) is 93.0 cm³/mol. The van der Waals surface area contributed by atoms with Gasteiger partial charge in [0, 0.05) is 12.5 Å². The second-order valence-electron chi connectivity index (χ2n) is 6.40. The van der Waals surface area contributed by atoms with Gasteiger partial charge in [0.1, 0.15) is 11.6 Å². The highest BCUT2D eigenvalue weighted by Gasteiger charge is 2.21. The molecule has 1 saturated carbocycles. The summed E-state index contributed by atoms with van der Waals surface area (Å²) in [5.74, 6) is 2.99. The Morgan fingerprint density at radius 2 is 1.81 bits per heavy atom. The molecule has 1 aliphatic carbocycles. The van der Waals surface area contributed by atoms with Crippen LogP contribution in [0.1, 0.15) is 89.1 Å². The van der Waals surface area contributed by atoms with Gasteiger partial charge in [-0.25, -0.2) is 9.97 Å². The quantitative estimate of drug-likeness (QED) is 0.697. The summed E-state index contributed by atoms with van der Waals surface area (Å²) in [6.07, 6.45) is 8.96. The number of anilines is 1. The molecule has 0 bridgehead atoms. The van der Waals surface area contributed by atoms with Gasteiger partial charge in [-0.15, -0.1) is 0 Å². The third-order valence-corrected chi connectivity index (χ3v) is 4.99. The van der Waals surface area contributed by atoms with Crippen LogP contribution in [0.4, 0.5) is 5.82 Å². The van der Waals surface area contributed by atoms with Crippen LogP contribution < -0.4 is 5.32 Å². The van der Waals surface area contributed by atoms with Crippen LogP contribution in [0.2, 0.25) is 0 Å². The Morgan fingerprint density at radius 1 is 1.14 bits per heavy atom. The van der Waals surface area contributed by atoms with E-state index in [4.69, 9.17) is 9.97 Å². The molecule has 1 aromatic rings. The van der Waals surface area contributed by atoms with E-state index in [2.05, 4.69) is 42.0 Å². The summed E-state index contributed by atoms with van der Waals surface area (Å²) < 4.78 is 1.04. The topological polar surface area (TPSA) is 37.8 Å². The summed E-state index contributed by atoms with van der Waals surface area (Å²) in [6.45, 7) is 7.54. The van der Waals surface area contributed by atoms with Crippen LogP contribution in [0, 0.1) is 0 Å². The average Bonchev–Trinajstić information content (AvgIpc) is 2.75. The van der Waals surface area contributed by atoms with E-state index in [-0.39, 0.29) is 0 Å². The first-order valence-corrected chi connectivity index (χ1v) is 9.24. The Bertz CT molecular complexity index is 452. The highest BCUT2D eigenvalue weighted by molar-refractivity contribution is 9.10. The summed E-state index contributed by atoms with van der Waals surface area (Å²) in [5, 5.41) is 3.46. The first kappa shape index (κ1) is 16.7. The van der Waals surface area contributed by atoms with Gasteiger partial charge in [-0.1, -0.05) is 46.5 Å². The molecule has 1 aliphatic rings. The lowest BCUT2D eigenvalue weighted by Gasteiger charge is -2.19. The monoisotopic (exact) mass is 353 g/mol. The zero-order valence-electron chi connectivity index (χ0n) is 13.6. The molecule has 0 radical (unpaired) electrons. The maximum atomic E-state index is 4.91. The van der Waals surface area contributed by atoms with Crippen LogP contribution in [-0.2, 0) is 0 Å². The maximum absolute atomic E-state index is 4.91. The fourth-order valence-electron chi connectivity index (χ4n) is 2.95. The fourth-order valence-corrected chi connectivity index (χ4v) is 3.72. The summed E-state index contributed by atoms with van der Waals surface area (Å²) in [7, 11) is 0. The molecule has 0 spiro atoms. The molecule has 1 fully saturated rings. The van der Waals surface area contributed by atoms with E-state index < -0.39 is 0 Å². The van der Waals surface area contributed by atoms with E-state index in [0.29, 0.717) is 11.8 Å². The molecule has 118 valence electrons. The minimum Gasteiger partial charge on any atom is -0.369 e. The SMILES string of the molecule is CCCNc1nc(C2CCCCCC2)nc(C(C)C)c1Br. The molecule has 1 heterocycles. The van der Waals surface area contributed by atoms with E-state index in [9.17, 15) is 0 Å². The third-order valence-electron chi connectivity index (χ3n) is 4.20. The molecule has 1 aromatic heterocycles. The largest absolute Gasteiger partial charge is 0.369 e. The van der Waals surface area contributed by atoms with Crippen LogP contribution in [-0.4, -0.2) is 16.5 Å². The number of halogens is 1. The lowest BCUT2D eigenvalue weighted by molar-refractivity contribution is 0.555. The van der Waals surface area contributed by atoms with E-state index in [1.54, 1.807) is 0 Å². The summed E-state index contributed by atoms with van der Waals surface area (Å²) in [6, 6.07) is 0. The van der Waals surface area contributed by atoms with Crippen molar-refractivity contribution in [3.05, 3.63) is 16.0 Å². The Hall–Kier alpha value is -0.640. The first-order valence-electron chi connectivity index (χ1n) is 8.44. The molecule has 3 nitrogen and oxygen atoms in total. The van der Waals surface area contributed by atoms with Crippen LogP contribution in [0.15, 0.2) is 4.47 Å². The van der Waals surface area contributed by atoms with Gasteiger partial charge >= 0.3 is 0 Å². The van der Waals surface area contributed by atoms with Crippen molar-refractivity contribution in [2.45, 2.75) is 77.6 Å². The predicted octanol–water partition coefficient (Wildman–Crippen LogP) is 5.62. The van der Waals surface area contributed by atoms with Crippen molar-refractivity contribution < 1.29 is 0 Å². The number of aromatic nitrogens is 2. The Kier molecular flexibility index (Phi) is 6.46. The molecular formula is C17H28BrN3. The zero-order chi connectivity index (χ0) is 15.2. The fraction of sp³-hybridized carbons (Fsp3) is 0.765. The molecule has 2 rings (SSSR count). The molecule has 21 heavy (non-hydrogen) atoms. The van der Waals surface area contributed by atoms with Crippen molar-refractivity contribution in [3.63, 3.8) is 0 Å². The highest BCUT2D eigenvalue weighted by Crippen LogP contribution is 2.34. The van der Waals surface area contributed by atoms with Crippen LogP contribution in [0.3, 0.4) is 0 Å². The van der Waals surface area contributed by atoms with Crippen molar-refractivity contribution >= 4 is 21.7 Å². The maximum Gasteiger partial charge on any atom is 0.144 e.